The molecule has 0 aromatic heterocycles. The van der Waals surface area contributed by atoms with E-state index in [1.807, 2.05) is 0 Å². The van der Waals surface area contributed by atoms with Crippen molar-refractivity contribution in [3.63, 3.8) is 0 Å². The molecule has 0 atom stereocenters. The first-order chi connectivity index (χ1) is 25.0. The molecular weight excluding hydrogens is 746 g/mol. The van der Waals surface area contributed by atoms with E-state index in [1.54, 1.807) is 109 Å². The lowest BCUT2D eigenvalue weighted by molar-refractivity contribution is 0.0725. The molecule has 6 aromatic carbocycles. The number of hydrogen-bond donors (Lipinski definition) is 2. The molecule has 0 aliphatic heterocycles. The van der Waals surface area contributed by atoms with Crippen LogP contribution in [0.25, 0.3) is 11.1 Å². The Kier molecular flexibility index (Phi) is 11.2. The van der Waals surface area contributed by atoms with Gasteiger partial charge in [0, 0.05) is 21.4 Å². The van der Waals surface area contributed by atoms with Crippen LogP contribution in [0.1, 0.15) is 41.4 Å². The minimum absolute atomic E-state index is 0.224. The van der Waals surface area contributed by atoms with E-state index in [0.29, 0.717) is 44.0 Å². The van der Waals surface area contributed by atoms with Crippen molar-refractivity contribution in [3.8, 4) is 22.6 Å². The molecule has 2 amide bonds. The summed E-state index contributed by atoms with van der Waals surface area (Å²) in [7, 11) is 0. The maximum atomic E-state index is 12.8. The van der Waals surface area contributed by atoms with Gasteiger partial charge in [0.05, 0.1) is 32.3 Å². The summed E-state index contributed by atoms with van der Waals surface area (Å²) in [5.74, 6) is -1.29. The standard InChI is InChI=1S/C40H24Cl4N2O6/c41-27-9-19-33(35(43)21-27)37(47)45-29-11-1-25(2-12-29)39(49)51-31-15-5-23(6-16-31)24-7-17-32(18-8-24)52-40(50)26-3-13-30(14-4-26)46-38(48)34-20-10-28(42)22-36(34)44/h1-22H,(H,45,47)(H,46,48). The van der Waals surface area contributed by atoms with Gasteiger partial charge in [-0.1, -0.05) is 70.7 Å². The predicted octanol–water partition coefficient (Wildman–Crippen LogP) is 10.9. The van der Waals surface area contributed by atoms with Gasteiger partial charge in [0.1, 0.15) is 11.5 Å². The maximum absolute atomic E-state index is 12.8. The third-order valence-electron chi connectivity index (χ3n) is 7.57. The molecule has 12 heteroatoms. The summed E-state index contributed by atoms with van der Waals surface area (Å²) in [6, 6.07) is 35.5. The van der Waals surface area contributed by atoms with Crippen molar-refractivity contribution in [1.82, 2.24) is 0 Å². The molecule has 52 heavy (non-hydrogen) atoms. The lowest BCUT2D eigenvalue weighted by Crippen LogP contribution is -2.13. The first-order valence-electron chi connectivity index (χ1n) is 15.4. The summed E-state index contributed by atoms with van der Waals surface area (Å²) >= 11 is 24.0. The van der Waals surface area contributed by atoms with E-state index in [1.165, 1.54) is 24.3 Å². The first kappa shape index (κ1) is 36.2. The topological polar surface area (TPSA) is 111 Å². The van der Waals surface area contributed by atoms with Crippen LogP contribution in [0.3, 0.4) is 0 Å². The third-order valence-corrected chi connectivity index (χ3v) is 8.67. The van der Waals surface area contributed by atoms with E-state index < -0.39 is 23.8 Å². The van der Waals surface area contributed by atoms with E-state index in [2.05, 4.69) is 10.6 Å². The SMILES string of the molecule is O=C(Oc1ccc(-c2ccc(OC(=O)c3ccc(NC(=O)c4ccc(Cl)cc4Cl)cc3)cc2)cc1)c1ccc(NC(=O)c2ccc(Cl)cc2Cl)cc1. The van der Waals surface area contributed by atoms with Gasteiger partial charge in [-0.15, -0.1) is 0 Å². The zero-order valence-corrected chi connectivity index (χ0v) is 29.7. The summed E-state index contributed by atoms with van der Waals surface area (Å²) in [5, 5.41) is 6.74. The largest absolute Gasteiger partial charge is 0.423 e. The molecule has 0 spiro atoms. The summed E-state index contributed by atoms with van der Waals surface area (Å²) in [4.78, 5) is 50.6. The highest BCUT2D eigenvalue weighted by Crippen LogP contribution is 2.27. The Morgan fingerprint density at radius 2 is 0.769 bits per heavy atom. The molecule has 258 valence electrons. The van der Waals surface area contributed by atoms with Gasteiger partial charge in [-0.3, -0.25) is 9.59 Å². The molecule has 0 saturated heterocycles. The molecule has 0 bridgehead atoms. The fourth-order valence-electron chi connectivity index (χ4n) is 4.89. The summed E-state index contributed by atoms with van der Waals surface area (Å²) in [6.07, 6.45) is 0. The monoisotopic (exact) mass is 768 g/mol. The second kappa shape index (κ2) is 16.1. The number of carbonyl (C=O) groups is 4. The van der Waals surface area contributed by atoms with Gasteiger partial charge in [-0.2, -0.15) is 0 Å². The van der Waals surface area contributed by atoms with E-state index in [4.69, 9.17) is 55.9 Å². The molecule has 0 fully saturated rings. The number of carbonyl (C=O) groups excluding carboxylic acids is 4. The Balaban J connectivity index is 0.998. The summed E-state index contributed by atoms with van der Waals surface area (Å²) in [5.41, 5.74) is 3.74. The van der Waals surface area contributed by atoms with Crippen molar-refractivity contribution in [2.24, 2.45) is 0 Å². The predicted molar refractivity (Wildman–Crippen MR) is 204 cm³/mol. The Bertz CT molecular complexity index is 2130. The zero-order chi connectivity index (χ0) is 36.8. The lowest BCUT2D eigenvalue weighted by atomic mass is 10.1. The van der Waals surface area contributed by atoms with Gasteiger partial charge in [0.2, 0.25) is 0 Å². The number of benzene rings is 6. The second-order valence-corrected chi connectivity index (χ2v) is 12.8. The quantitative estimate of drug-likeness (QED) is 0.112. The number of esters is 2. The highest BCUT2D eigenvalue weighted by Gasteiger charge is 2.15. The minimum Gasteiger partial charge on any atom is -0.423 e. The van der Waals surface area contributed by atoms with E-state index >= 15 is 0 Å². The van der Waals surface area contributed by atoms with Gasteiger partial charge in [0.15, 0.2) is 0 Å². The molecular formula is C40H24Cl4N2O6. The molecule has 0 aliphatic carbocycles. The van der Waals surface area contributed by atoms with Crippen LogP contribution in [-0.4, -0.2) is 23.8 Å². The Hall–Kier alpha value is -5.64. The van der Waals surface area contributed by atoms with Crippen LogP contribution in [-0.2, 0) is 0 Å². The number of nitrogens with one attached hydrogen (secondary N) is 2. The third kappa shape index (κ3) is 8.98. The first-order valence-corrected chi connectivity index (χ1v) is 16.9. The van der Waals surface area contributed by atoms with Crippen molar-refractivity contribution in [1.29, 1.82) is 0 Å². The van der Waals surface area contributed by atoms with Gasteiger partial charge in [0.25, 0.3) is 11.8 Å². The van der Waals surface area contributed by atoms with E-state index in [9.17, 15) is 19.2 Å². The second-order valence-electron chi connectivity index (χ2n) is 11.1. The number of halogens is 4. The zero-order valence-electron chi connectivity index (χ0n) is 26.7. The van der Waals surface area contributed by atoms with Crippen LogP contribution in [0.15, 0.2) is 133 Å². The number of amides is 2. The average molecular weight is 770 g/mol. The van der Waals surface area contributed by atoms with Crippen LogP contribution in [0.5, 0.6) is 11.5 Å². The smallest absolute Gasteiger partial charge is 0.343 e. The number of ether oxygens (including phenoxy) is 2. The minimum atomic E-state index is -0.570. The van der Waals surface area contributed by atoms with Crippen LogP contribution >= 0.6 is 46.4 Å². The molecule has 0 unspecified atom stereocenters. The van der Waals surface area contributed by atoms with E-state index in [0.717, 1.165) is 11.1 Å². The summed E-state index contributed by atoms with van der Waals surface area (Å²) < 4.78 is 11.0. The summed E-state index contributed by atoms with van der Waals surface area (Å²) in [6.45, 7) is 0. The molecule has 6 rings (SSSR count). The van der Waals surface area contributed by atoms with Crippen LogP contribution in [0.2, 0.25) is 20.1 Å². The highest BCUT2D eigenvalue weighted by molar-refractivity contribution is 6.38. The average Bonchev–Trinajstić information content (AvgIpc) is 3.12. The number of hydrogen-bond acceptors (Lipinski definition) is 6. The molecule has 0 radical (unpaired) electrons. The molecule has 0 heterocycles. The van der Waals surface area contributed by atoms with Crippen molar-refractivity contribution >= 4 is 81.5 Å². The van der Waals surface area contributed by atoms with Crippen LogP contribution < -0.4 is 20.1 Å². The van der Waals surface area contributed by atoms with Crippen molar-refractivity contribution in [3.05, 3.63) is 176 Å². The van der Waals surface area contributed by atoms with E-state index in [-0.39, 0.29) is 21.2 Å². The fraction of sp³-hybridized carbons (Fsp3) is 0. The highest BCUT2D eigenvalue weighted by atomic mass is 35.5. The van der Waals surface area contributed by atoms with Crippen molar-refractivity contribution in [2.75, 3.05) is 10.6 Å². The molecule has 2 N–H and O–H groups in total. The van der Waals surface area contributed by atoms with Crippen molar-refractivity contribution < 1.29 is 28.7 Å². The normalized spacial score (nSPS) is 10.6. The molecule has 6 aromatic rings. The molecule has 8 nitrogen and oxygen atoms in total. The van der Waals surface area contributed by atoms with Gasteiger partial charge in [-0.05, 0) is 120 Å². The molecule has 0 aliphatic rings. The van der Waals surface area contributed by atoms with Crippen molar-refractivity contribution in [2.45, 2.75) is 0 Å². The Morgan fingerprint density at radius 3 is 1.10 bits per heavy atom. The number of rotatable bonds is 9. The molecule has 0 saturated carbocycles. The number of anilines is 2. The Morgan fingerprint density at radius 1 is 0.423 bits per heavy atom. The Labute approximate surface area is 317 Å². The lowest BCUT2D eigenvalue weighted by Gasteiger charge is -2.09. The van der Waals surface area contributed by atoms with Gasteiger partial charge >= 0.3 is 11.9 Å². The maximum Gasteiger partial charge on any atom is 0.343 e. The van der Waals surface area contributed by atoms with Crippen LogP contribution in [0, 0.1) is 0 Å². The fourth-order valence-corrected chi connectivity index (χ4v) is 5.87. The van der Waals surface area contributed by atoms with Gasteiger partial charge in [-0.25, -0.2) is 9.59 Å². The van der Waals surface area contributed by atoms with Crippen LogP contribution in [0.4, 0.5) is 11.4 Å². The van der Waals surface area contributed by atoms with Gasteiger partial charge < -0.3 is 20.1 Å².